The van der Waals surface area contributed by atoms with Gasteiger partial charge in [-0.1, -0.05) is 24.1 Å². The molecule has 0 spiro atoms. The zero-order valence-corrected chi connectivity index (χ0v) is 17.8. The van der Waals surface area contributed by atoms with Crippen molar-refractivity contribution in [2.75, 3.05) is 0 Å². The molecule has 31 heavy (non-hydrogen) atoms. The first-order valence-electron chi connectivity index (χ1n) is 9.60. The molecule has 1 aromatic heterocycles. The van der Waals surface area contributed by atoms with Gasteiger partial charge in [0.1, 0.15) is 11.6 Å². The van der Waals surface area contributed by atoms with Gasteiger partial charge in [0.2, 0.25) is 0 Å². The summed E-state index contributed by atoms with van der Waals surface area (Å²) in [7, 11) is -0.290. The third kappa shape index (κ3) is 3.95. The number of ether oxygens (including phenoxy) is 1. The Labute approximate surface area is 182 Å². The van der Waals surface area contributed by atoms with Crippen molar-refractivity contribution >= 4 is 26.5 Å². The average Bonchev–Trinajstić information content (AvgIpc) is 3.08. The molecule has 3 aromatic carbocycles. The van der Waals surface area contributed by atoms with Gasteiger partial charge in [-0.2, -0.15) is 0 Å². The third-order valence-electron chi connectivity index (χ3n) is 5.11. The van der Waals surface area contributed by atoms with Crippen molar-refractivity contribution in [1.82, 2.24) is 0 Å². The highest BCUT2D eigenvalue weighted by Crippen LogP contribution is 2.43. The highest BCUT2D eigenvalue weighted by molar-refractivity contribution is 7.45. The van der Waals surface area contributed by atoms with Crippen LogP contribution >= 0.6 is 10.5 Å². The largest absolute Gasteiger partial charge is 0.438 e. The molecule has 2 atom stereocenters. The Morgan fingerprint density at radius 1 is 1.00 bits per heavy atom. The van der Waals surface area contributed by atoms with E-state index >= 15 is 0 Å². The van der Waals surface area contributed by atoms with Crippen molar-refractivity contribution < 1.29 is 18.3 Å². The fourth-order valence-corrected chi connectivity index (χ4v) is 5.80. The van der Waals surface area contributed by atoms with Crippen LogP contribution in [0.15, 0.2) is 72.8 Å². The molecule has 0 radical (unpaired) electrons. The summed E-state index contributed by atoms with van der Waals surface area (Å²) in [5.74, 6) is 0.106. The van der Waals surface area contributed by atoms with Gasteiger partial charge in [-0.15, -0.1) is 6.42 Å². The van der Waals surface area contributed by atoms with Gasteiger partial charge < -0.3 is 4.74 Å². The molecular weight excluding hydrogens is 414 g/mol. The lowest BCUT2D eigenvalue weighted by Gasteiger charge is -2.24. The number of thiophene rings is 1. The predicted octanol–water partition coefficient (Wildman–Crippen LogP) is 6.87. The molecule has 5 heteroatoms. The van der Waals surface area contributed by atoms with E-state index in [0.717, 1.165) is 23.1 Å². The maximum Gasteiger partial charge on any atom is 0.340 e. The van der Waals surface area contributed by atoms with Crippen LogP contribution in [0.25, 0.3) is 15.0 Å². The second kappa shape index (κ2) is 7.98. The van der Waals surface area contributed by atoms with E-state index in [1.807, 2.05) is 18.2 Å². The molecule has 4 rings (SSSR count). The number of benzene rings is 3. The number of carbonyl (C=O) groups excluding carboxylic acids is 1. The number of terminal acetylenes is 1. The summed E-state index contributed by atoms with van der Waals surface area (Å²) in [6.07, 6.45) is 5.59. The van der Waals surface area contributed by atoms with Crippen molar-refractivity contribution in [2.24, 2.45) is 0 Å². The smallest absolute Gasteiger partial charge is 0.340 e. The van der Waals surface area contributed by atoms with Crippen LogP contribution in [0.1, 0.15) is 27.7 Å². The topological polar surface area (TPSA) is 26.3 Å². The van der Waals surface area contributed by atoms with E-state index in [1.165, 1.54) is 21.9 Å². The molecule has 0 N–H and O–H groups in total. The highest BCUT2D eigenvalue weighted by Gasteiger charge is 2.31. The second-order valence-corrected chi connectivity index (χ2v) is 9.52. The Morgan fingerprint density at radius 3 is 2.42 bits per heavy atom. The number of halogens is 2. The molecule has 0 saturated carbocycles. The summed E-state index contributed by atoms with van der Waals surface area (Å²) in [5, 5.41) is 1.17. The number of aryl methyl sites for hydroxylation is 1. The molecule has 0 aliphatic rings. The monoisotopic (exact) mass is 433 g/mol. The molecule has 4 aromatic rings. The number of hydrogen-bond acceptors (Lipinski definition) is 2. The van der Waals surface area contributed by atoms with Gasteiger partial charge in [0, 0.05) is 46.5 Å². The number of esters is 1. The zero-order chi connectivity index (χ0) is 22.2. The second-order valence-electron chi connectivity index (χ2n) is 7.35. The van der Waals surface area contributed by atoms with Gasteiger partial charge in [0.15, 0.2) is 20.1 Å². The summed E-state index contributed by atoms with van der Waals surface area (Å²) >= 11 is 0. The molecule has 0 fully saturated rings. The van der Waals surface area contributed by atoms with E-state index in [0.29, 0.717) is 5.56 Å². The normalized spacial score (nSPS) is 13.5. The van der Waals surface area contributed by atoms with Crippen LogP contribution in [0.2, 0.25) is 0 Å². The average molecular weight is 433 g/mol. The lowest BCUT2D eigenvalue weighted by molar-refractivity contribution is 0.0127. The van der Waals surface area contributed by atoms with Crippen LogP contribution in [-0.4, -0.2) is 5.97 Å². The fourth-order valence-electron chi connectivity index (χ4n) is 3.55. The molecule has 2 nitrogen and oxygen atoms in total. The van der Waals surface area contributed by atoms with Crippen LogP contribution in [-0.2, 0) is 10.3 Å². The van der Waals surface area contributed by atoms with Gasteiger partial charge in [0.05, 0.1) is 5.56 Å². The molecule has 0 bridgehead atoms. The van der Waals surface area contributed by atoms with Crippen molar-refractivity contribution in [2.45, 2.75) is 19.4 Å². The van der Waals surface area contributed by atoms with Crippen LogP contribution < -0.4 is 0 Å². The first kappa shape index (κ1) is 20.8. The van der Waals surface area contributed by atoms with E-state index in [2.05, 4.69) is 31.0 Å². The van der Waals surface area contributed by atoms with Crippen molar-refractivity contribution in [3.8, 4) is 17.2 Å². The van der Waals surface area contributed by atoms with Crippen molar-refractivity contribution in [3.63, 3.8) is 0 Å². The number of carbonyl (C=O) groups is 1. The third-order valence-corrected chi connectivity index (χ3v) is 7.41. The van der Waals surface area contributed by atoms with E-state index in [4.69, 9.17) is 11.2 Å². The van der Waals surface area contributed by atoms with E-state index in [1.54, 1.807) is 18.2 Å². The van der Waals surface area contributed by atoms with Crippen molar-refractivity contribution in [3.05, 3.63) is 100 Å². The number of hydrogen-bond donors (Lipinski definition) is 0. The zero-order valence-electron chi connectivity index (χ0n) is 17.0. The SMILES string of the molecule is C#CC(C)(OC(=O)c1cccc(-[s+]2c(C)cc3ccccc32)c1)c1cc(F)cc(F)c1. The molecular formula is C26H19F2O2S+. The quantitative estimate of drug-likeness (QED) is 0.199. The Bertz CT molecular complexity index is 1330. The standard InChI is InChI=1S/C26H19F2O2S/c1-4-26(3,20-14-21(27)16-22(28)15-20)30-25(29)19-9-7-10-23(13-19)31-17(2)12-18-8-5-6-11-24(18)31/h1,5-16H,2-3H3/q+1. The predicted molar refractivity (Wildman–Crippen MR) is 120 cm³/mol. The molecule has 2 unspecified atom stereocenters. The Hall–Kier alpha value is -3.49. The number of rotatable bonds is 4. The molecule has 0 aliphatic carbocycles. The molecule has 0 amide bonds. The lowest BCUT2D eigenvalue weighted by Crippen LogP contribution is -2.28. The maximum atomic E-state index is 13.7. The molecule has 0 saturated heterocycles. The minimum absolute atomic E-state index is 0.0578. The van der Waals surface area contributed by atoms with Gasteiger partial charge in [-0.3, -0.25) is 0 Å². The Morgan fingerprint density at radius 2 is 1.71 bits per heavy atom. The summed E-state index contributed by atoms with van der Waals surface area (Å²) in [6.45, 7) is 3.51. The van der Waals surface area contributed by atoms with Crippen LogP contribution in [0.4, 0.5) is 8.78 Å². The maximum absolute atomic E-state index is 13.7. The summed E-state index contributed by atoms with van der Waals surface area (Å²) in [4.78, 5) is 15.1. The number of fused-ring (bicyclic) bond motifs is 1. The summed E-state index contributed by atoms with van der Waals surface area (Å²) < 4.78 is 34.1. The van der Waals surface area contributed by atoms with Crippen LogP contribution in [0, 0.1) is 30.9 Å². The molecule has 0 aliphatic heterocycles. The van der Waals surface area contributed by atoms with Gasteiger partial charge in [-0.25, -0.2) is 13.6 Å². The van der Waals surface area contributed by atoms with E-state index < -0.39 is 23.2 Å². The summed E-state index contributed by atoms with van der Waals surface area (Å²) in [5.41, 5.74) is -1.24. The first-order valence-corrected chi connectivity index (χ1v) is 10.8. The van der Waals surface area contributed by atoms with Crippen LogP contribution in [0.5, 0.6) is 0 Å². The lowest BCUT2D eigenvalue weighted by atomic mass is 9.96. The molecule has 1 heterocycles. The summed E-state index contributed by atoms with van der Waals surface area (Å²) in [6, 6.07) is 20.4. The fraction of sp³-hybridized carbons (Fsp3) is 0.115. The Balaban J connectivity index is 1.70. The van der Waals surface area contributed by atoms with Gasteiger partial charge in [-0.05, 0) is 43.3 Å². The highest BCUT2D eigenvalue weighted by atomic mass is 32.2. The Kier molecular flexibility index (Phi) is 5.34. The van der Waals surface area contributed by atoms with E-state index in [-0.39, 0.29) is 16.0 Å². The van der Waals surface area contributed by atoms with Gasteiger partial charge in [0.25, 0.3) is 0 Å². The van der Waals surface area contributed by atoms with E-state index in [9.17, 15) is 13.6 Å². The minimum Gasteiger partial charge on any atom is -0.438 e. The van der Waals surface area contributed by atoms with Gasteiger partial charge >= 0.3 is 5.97 Å². The van der Waals surface area contributed by atoms with Crippen molar-refractivity contribution in [1.29, 1.82) is 0 Å². The minimum atomic E-state index is -1.62. The first-order chi connectivity index (χ1) is 14.8. The van der Waals surface area contributed by atoms with Crippen LogP contribution in [0.3, 0.4) is 0 Å². The molecule has 154 valence electrons.